The predicted molar refractivity (Wildman–Crippen MR) is 140 cm³/mol. The smallest absolute Gasteiger partial charge is 0.277 e. The number of hydrogen-bond acceptors (Lipinski definition) is 7. The molecule has 2 aliphatic heterocycles. The van der Waals surface area contributed by atoms with Crippen LogP contribution in [0.4, 0.5) is 5.82 Å². The van der Waals surface area contributed by atoms with Crippen LogP contribution in [0.1, 0.15) is 29.7 Å². The first-order chi connectivity index (χ1) is 16.8. The molecule has 0 aliphatic carbocycles. The van der Waals surface area contributed by atoms with Gasteiger partial charge in [0.25, 0.3) is 5.56 Å². The molecule has 8 nitrogen and oxygen atoms in total. The van der Waals surface area contributed by atoms with Crippen LogP contribution in [0.25, 0.3) is 5.65 Å². The van der Waals surface area contributed by atoms with Gasteiger partial charge in [-0.05, 0) is 57.4 Å². The maximum atomic E-state index is 12.7. The van der Waals surface area contributed by atoms with Gasteiger partial charge in [-0.1, -0.05) is 0 Å². The van der Waals surface area contributed by atoms with Crippen LogP contribution in [0.5, 0.6) is 17.2 Å². The minimum absolute atomic E-state index is 0.175. The first kappa shape index (κ1) is 24.7. The summed E-state index contributed by atoms with van der Waals surface area (Å²) in [6.45, 7) is 6.67. The van der Waals surface area contributed by atoms with Crippen LogP contribution in [0.15, 0.2) is 29.1 Å². The molecule has 13 heteroatoms. The fourth-order valence-corrected chi connectivity index (χ4v) is 4.33. The van der Waals surface area contributed by atoms with Gasteiger partial charge < -0.3 is 19.1 Å². The Bertz CT molecular complexity index is 1420. The second kappa shape index (κ2) is 8.28. The van der Waals surface area contributed by atoms with Crippen LogP contribution < -0.4 is 24.7 Å². The number of rotatable bonds is 3. The molecule has 0 unspecified atom stereocenters. The van der Waals surface area contributed by atoms with Gasteiger partial charge in [-0.25, -0.2) is 4.98 Å². The molecule has 0 spiro atoms. The number of piperidine rings is 1. The van der Waals surface area contributed by atoms with Gasteiger partial charge in [0, 0.05) is 41.2 Å². The van der Waals surface area contributed by atoms with E-state index in [1.807, 2.05) is 19.9 Å². The van der Waals surface area contributed by atoms with Crippen molar-refractivity contribution in [3.8, 4) is 17.2 Å². The van der Waals surface area contributed by atoms with E-state index in [4.69, 9.17) is 53.4 Å². The second-order valence-corrected chi connectivity index (χ2v) is 9.60. The van der Waals surface area contributed by atoms with Crippen molar-refractivity contribution >= 4 is 50.7 Å². The highest BCUT2D eigenvalue weighted by Crippen LogP contribution is 2.42. The maximum absolute atomic E-state index is 12.7. The Hall–Kier alpha value is -2.97. The molecule has 5 rings (SSSR count). The molecule has 0 bridgehead atoms. The zero-order chi connectivity index (χ0) is 26.0. The normalized spacial score (nSPS) is 19.7. The van der Waals surface area contributed by atoms with Gasteiger partial charge in [0.05, 0.1) is 5.50 Å². The molecule has 0 atom stereocenters. The van der Waals surface area contributed by atoms with Crippen molar-refractivity contribution < 1.29 is 14.2 Å². The van der Waals surface area contributed by atoms with Gasteiger partial charge in [-0.15, -0.1) is 5.10 Å². The van der Waals surface area contributed by atoms with Crippen molar-refractivity contribution in [2.45, 2.75) is 49.9 Å². The van der Waals surface area contributed by atoms with Crippen molar-refractivity contribution in [3.05, 3.63) is 51.4 Å². The molecule has 172 valence electrons. The van der Waals surface area contributed by atoms with Crippen molar-refractivity contribution in [1.82, 2.24) is 14.6 Å². The van der Waals surface area contributed by atoms with E-state index in [1.54, 1.807) is 25.1 Å². The van der Waals surface area contributed by atoms with Crippen molar-refractivity contribution in [1.29, 1.82) is 0 Å². The number of anilines is 1. The molecule has 1 saturated heterocycles. The first-order valence-corrected chi connectivity index (χ1v) is 11.6. The molecule has 2 aliphatic rings. The molecule has 3 aromatic rings. The fraction of sp³-hybridized carbons (Fsp3) is 0.435. The van der Waals surface area contributed by atoms with Crippen LogP contribution in [0.3, 0.4) is 0 Å². The molecule has 0 amide bonds. The number of nitrogens with zero attached hydrogens (tertiary/aromatic N) is 4. The summed E-state index contributed by atoms with van der Waals surface area (Å²) >= 11 is 0. The van der Waals surface area contributed by atoms with Crippen LogP contribution in [-0.4, -0.2) is 83.2 Å². The van der Waals surface area contributed by atoms with E-state index >= 15 is 0 Å². The number of benzene rings is 1. The monoisotopic (exact) mass is 472 g/mol. The van der Waals surface area contributed by atoms with E-state index in [0.717, 1.165) is 5.56 Å². The predicted octanol–water partition coefficient (Wildman–Crippen LogP) is 0.312. The number of fused-ring (bicyclic) bond motifs is 2. The lowest BCUT2D eigenvalue weighted by molar-refractivity contribution is 0.0603. The highest BCUT2D eigenvalue weighted by molar-refractivity contribution is 6.53. The van der Waals surface area contributed by atoms with Crippen molar-refractivity contribution in [2.24, 2.45) is 0 Å². The van der Waals surface area contributed by atoms with Crippen LogP contribution >= 0.6 is 0 Å². The van der Waals surface area contributed by atoms with E-state index in [0.29, 0.717) is 54.4 Å². The Morgan fingerprint density at radius 3 is 2.25 bits per heavy atom. The number of hydrogen-bond donors (Lipinski definition) is 0. The Morgan fingerprint density at radius 1 is 0.944 bits per heavy atom. The Morgan fingerprint density at radius 2 is 1.58 bits per heavy atom. The molecular formula is C23H21B5N4O4. The summed E-state index contributed by atoms with van der Waals surface area (Å²) in [4.78, 5) is 19.3. The fourth-order valence-electron chi connectivity index (χ4n) is 4.33. The summed E-state index contributed by atoms with van der Waals surface area (Å²) in [5, 5.41) is 0.771. The van der Waals surface area contributed by atoms with Crippen LogP contribution in [0.2, 0.25) is 0 Å². The van der Waals surface area contributed by atoms with E-state index < -0.39 is 16.3 Å². The third-order valence-corrected chi connectivity index (χ3v) is 6.76. The Kier molecular flexibility index (Phi) is 5.69. The molecule has 0 saturated carbocycles. The van der Waals surface area contributed by atoms with Gasteiger partial charge in [-0.2, -0.15) is 4.52 Å². The molecular weight excluding hydrogens is 450 g/mol. The molecule has 4 heterocycles. The first-order valence-electron chi connectivity index (χ1n) is 11.6. The molecule has 0 N–H and O–H groups in total. The standard InChI is InChI=1S/C23H21B5N4O4/c1-12-10-18-29-14(3)13(2)20(33)32(18)30-19(12)31-8-6-21(24,7-9-31)34-15-4-5-16-17(11-15)36-23(27,28)22(25,26)35-16/h4-5,10-11H,6-9H2,1-3H3. The summed E-state index contributed by atoms with van der Waals surface area (Å²) in [7, 11) is 29.9. The van der Waals surface area contributed by atoms with E-state index in [2.05, 4.69) is 15.0 Å². The summed E-state index contributed by atoms with van der Waals surface area (Å²) in [5.41, 5.74) is 1.61. The average Bonchev–Trinajstić information content (AvgIpc) is 2.79. The van der Waals surface area contributed by atoms with Gasteiger partial charge >= 0.3 is 0 Å². The highest BCUT2D eigenvalue weighted by atomic mass is 16.6. The van der Waals surface area contributed by atoms with Crippen LogP contribution in [-0.2, 0) is 0 Å². The number of ether oxygens (including phenoxy) is 3. The Balaban J connectivity index is 1.33. The number of aryl methyl sites for hydroxylation is 2. The number of aromatic nitrogens is 3. The highest BCUT2D eigenvalue weighted by Gasteiger charge is 2.43. The van der Waals surface area contributed by atoms with Crippen molar-refractivity contribution in [3.63, 3.8) is 0 Å². The third kappa shape index (κ3) is 4.16. The van der Waals surface area contributed by atoms with Crippen LogP contribution in [0, 0.1) is 20.8 Å². The third-order valence-electron chi connectivity index (χ3n) is 6.76. The van der Waals surface area contributed by atoms with Gasteiger partial charge in [0.15, 0.2) is 23.0 Å². The summed E-state index contributed by atoms with van der Waals surface area (Å²) in [6, 6.07) is 6.74. The SMILES string of the molecule is [B]C1(Oc2ccc3c(c2)OC([B])([B])C([B])([B])O3)CCN(c2nn3c(=O)c(C)c(C)nc3cc2C)CC1. The summed E-state index contributed by atoms with van der Waals surface area (Å²) < 4.78 is 18.5. The topological polar surface area (TPSA) is 78.2 Å². The lowest BCUT2D eigenvalue weighted by Gasteiger charge is -2.48. The van der Waals surface area contributed by atoms with Gasteiger partial charge in [0.1, 0.15) is 45.0 Å². The molecule has 1 fully saturated rings. The largest absolute Gasteiger partial charge is 0.501 e. The summed E-state index contributed by atoms with van der Waals surface area (Å²) in [6.07, 6.45) is 1.01. The van der Waals surface area contributed by atoms with Gasteiger partial charge in [-0.3, -0.25) is 4.79 Å². The Labute approximate surface area is 216 Å². The quantitative estimate of drug-likeness (QED) is 0.509. The maximum Gasteiger partial charge on any atom is 0.277 e. The zero-order valence-electron chi connectivity index (χ0n) is 20.4. The van der Waals surface area contributed by atoms with E-state index in [1.165, 1.54) is 4.52 Å². The van der Waals surface area contributed by atoms with Gasteiger partial charge in [0.2, 0.25) is 0 Å². The summed E-state index contributed by atoms with van der Waals surface area (Å²) in [5.74, 6) is 1.69. The molecule has 10 radical (unpaired) electrons. The molecule has 1 aromatic carbocycles. The minimum Gasteiger partial charge on any atom is -0.501 e. The molecule has 36 heavy (non-hydrogen) atoms. The molecule has 2 aromatic heterocycles. The lowest BCUT2D eigenvalue weighted by Crippen LogP contribution is -2.65. The average molecular weight is 472 g/mol. The lowest BCUT2D eigenvalue weighted by atomic mass is 9.41. The van der Waals surface area contributed by atoms with E-state index in [-0.39, 0.29) is 17.1 Å². The van der Waals surface area contributed by atoms with Crippen molar-refractivity contribution in [2.75, 3.05) is 18.0 Å². The second-order valence-electron chi connectivity index (χ2n) is 9.60. The minimum atomic E-state index is -1.94. The van der Waals surface area contributed by atoms with E-state index in [9.17, 15) is 4.79 Å². The zero-order valence-corrected chi connectivity index (χ0v) is 20.4.